The molecule has 0 aliphatic heterocycles. The van der Waals surface area contributed by atoms with Gasteiger partial charge in [0.2, 0.25) is 5.95 Å². The molecule has 0 atom stereocenters. The zero-order valence-electron chi connectivity index (χ0n) is 12.7. The lowest BCUT2D eigenvalue weighted by molar-refractivity contribution is 0.0767. The van der Waals surface area contributed by atoms with Gasteiger partial charge in [-0.05, 0) is 47.6 Å². The van der Waals surface area contributed by atoms with Gasteiger partial charge in [-0.1, -0.05) is 0 Å². The summed E-state index contributed by atoms with van der Waals surface area (Å²) in [6.45, 7) is 13.3. The maximum atomic E-state index is 12.3. The Kier molecular flexibility index (Phi) is 4.86. The second-order valence-corrected chi connectivity index (χ2v) is 5.57. The number of rotatable bonds is 4. The number of anilines is 1. The van der Waals surface area contributed by atoms with Crippen LogP contribution in [0, 0.1) is 6.92 Å². The Bertz CT molecular complexity index is 447. The number of aryl methyl sites for hydroxylation is 1. The Hall–Kier alpha value is -1.65. The first kappa shape index (κ1) is 15.4. The number of carbonyl (C=O) groups is 1. The Morgan fingerprint density at radius 1 is 1.26 bits per heavy atom. The highest BCUT2D eigenvalue weighted by Gasteiger charge is 2.17. The molecule has 0 radical (unpaired) electrons. The lowest BCUT2D eigenvalue weighted by Gasteiger charge is -2.22. The molecule has 0 bridgehead atoms. The van der Waals surface area contributed by atoms with Crippen molar-refractivity contribution in [2.75, 3.05) is 18.4 Å². The van der Waals surface area contributed by atoms with Crippen molar-refractivity contribution >= 4 is 11.9 Å². The van der Waals surface area contributed by atoms with Crippen LogP contribution in [0.5, 0.6) is 0 Å². The summed E-state index contributed by atoms with van der Waals surface area (Å²) in [5, 5.41) is 3.20. The summed E-state index contributed by atoms with van der Waals surface area (Å²) in [5.74, 6) is 0.454. The van der Waals surface area contributed by atoms with Crippen LogP contribution in [0.25, 0.3) is 0 Å². The molecule has 0 saturated heterocycles. The smallest absolute Gasteiger partial charge is 0.272 e. The fraction of sp³-hybridized carbons (Fsp3) is 0.643. The monoisotopic (exact) mass is 264 g/mol. The molecular weight excluding hydrogens is 240 g/mol. The molecule has 0 fully saturated rings. The van der Waals surface area contributed by atoms with Crippen molar-refractivity contribution in [3.8, 4) is 0 Å². The van der Waals surface area contributed by atoms with E-state index in [-0.39, 0.29) is 11.4 Å². The number of aromatic nitrogens is 2. The molecule has 0 aromatic carbocycles. The zero-order valence-corrected chi connectivity index (χ0v) is 12.7. The maximum absolute atomic E-state index is 12.3. The SMILES string of the molecule is CCN(CC)C(=O)c1cc(C)nc(NC(C)(C)C)n1. The molecule has 1 aromatic heterocycles. The molecule has 106 valence electrons. The van der Waals surface area contributed by atoms with E-state index < -0.39 is 0 Å². The molecule has 0 aliphatic rings. The molecule has 1 aromatic rings. The number of hydrogen-bond acceptors (Lipinski definition) is 4. The van der Waals surface area contributed by atoms with Crippen LogP contribution in [0.2, 0.25) is 0 Å². The molecule has 0 saturated carbocycles. The fourth-order valence-electron chi connectivity index (χ4n) is 1.74. The van der Waals surface area contributed by atoms with Crippen LogP contribution >= 0.6 is 0 Å². The topological polar surface area (TPSA) is 58.1 Å². The number of hydrogen-bond donors (Lipinski definition) is 1. The summed E-state index contributed by atoms with van der Waals surface area (Å²) in [4.78, 5) is 22.7. The largest absolute Gasteiger partial charge is 0.350 e. The van der Waals surface area contributed by atoms with Crippen molar-refractivity contribution < 1.29 is 4.79 Å². The van der Waals surface area contributed by atoms with Crippen molar-refractivity contribution in [1.29, 1.82) is 0 Å². The first-order valence-electron chi connectivity index (χ1n) is 6.70. The van der Waals surface area contributed by atoms with E-state index in [4.69, 9.17) is 0 Å². The Labute approximate surface area is 115 Å². The highest BCUT2D eigenvalue weighted by molar-refractivity contribution is 5.92. The standard InChI is InChI=1S/C14H24N4O/c1-7-18(8-2)12(19)11-9-10(3)15-13(16-11)17-14(4,5)6/h9H,7-8H2,1-6H3,(H,15,16,17). The summed E-state index contributed by atoms with van der Waals surface area (Å²) in [7, 11) is 0. The van der Waals surface area contributed by atoms with Crippen molar-refractivity contribution in [2.24, 2.45) is 0 Å². The van der Waals surface area contributed by atoms with Gasteiger partial charge < -0.3 is 10.2 Å². The van der Waals surface area contributed by atoms with Gasteiger partial charge in [0.15, 0.2) is 0 Å². The Balaban J connectivity index is 3.06. The van der Waals surface area contributed by atoms with Gasteiger partial charge in [0, 0.05) is 24.3 Å². The highest BCUT2D eigenvalue weighted by atomic mass is 16.2. The predicted molar refractivity (Wildman–Crippen MR) is 77.4 cm³/mol. The summed E-state index contributed by atoms with van der Waals surface area (Å²) in [6, 6.07) is 1.73. The van der Waals surface area contributed by atoms with E-state index in [9.17, 15) is 4.79 Å². The van der Waals surface area contributed by atoms with Crippen molar-refractivity contribution in [3.05, 3.63) is 17.5 Å². The lowest BCUT2D eigenvalue weighted by Crippen LogP contribution is -2.32. The predicted octanol–water partition coefficient (Wildman–Crippen LogP) is 2.48. The minimum Gasteiger partial charge on any atom is -0.350 e. The molecule has 1 heterocycles. The van der Waals surface area contributed by atoms with Crippen molar-refractivity contribution in [3.63, 3.8) is 0 Å². The Morgan fingerprint density at radius 2 is 1.84 bits per heavy atom. The first-order valence-corrected chi connectivity index (χ1v) is 6.70. The van der Waals surface area contributed by atoms with E-state index in [0.717, 1.165) is 5.69 Å². The summed E-state index contributed by atoms with van der Waals surface area (Å²) in [5.41, 5.74) is 1.10. The lowest BCUT2D eigenvalue weighted by atomic mass is 10.1. The third-order valence-corrected chi connectivity index (χ3v) is 2.61. The van der Waals surface area contributed by atoms with Crippen LogP contribution in [-0.4, -0.2) is 39.4 Å². The van der Waals surface area contributed by atoms with E-state index >= 15 is 0 Å². The van der Waals surface area contributed by atoms with Gasteiger partial charge in [-0.15, -0.1) is 0 Å². The minimum absolute atomic E-state index is 0.0486. The van der Waals surface area contributed by atoms with Gasteiger partial charge in [0.25, 0.3) is 5.91 Å². The molecule has 1 rings (SSSR count). The number of nitrogens with zero attached hydrogens (tertiary/aromatic N) is 3. The second kappa shape index (κ2) is 5.99. The van der Waals surface area contributed by atoms with E-state index in [1.807, 2.05) is 41.5 Å². The van der Waals surface area contributed by atoms with E-state index in [0.29, 0.717) is 24.7 Å². The molecule has 5 heteroatoms. The Morgan fingerprint density at radius 3 is 2.32 bits per heavy atom. The van der Waals surface area contributed by atoms with Crippen LogP contribution in [0.4, 0.5) is 5.95 Å². The van der Waals surface area contributed by atoms with E-state index in [1.165, 1.54) is 0 Å². The van der Waals surface area contributed by atoms with E-state index in [2.05, 4.69) is 15.3 Å². The van der Waals surface area contributed by atoms with Gasteiger partial charge in [-0.2, -0.15) is 0 Å². The first-order chi connectivity index (χ1) is 8.76. The van der Waals surface area contributed by atoms with Gasteiger partial charge in [0.1, 0.15) is 5.69 Å². The molecule has 0 unspecified atom stereocenters. The van der Waals surface area contributed by atoms with Gasteiger partial charge in [0.05, 0.1) is 0 Å². The minimum atomic E-state index is -0.136. The van der Waals surface area contributed by atoms with E-state index in [1.54, 1.807) is 11.0 Å². The van der Waals surface area contributed by atoms with Crippen LogP contribution in [0.1, 0.15) is 50.8 Å². The molecular formula is C14H24N4O. The second-order valence-electron chi connectivity index (χ2n) is 5.57. The number of nitrogens with one attached hydrogen (secondary N) is 1. The molecule has 5 nitrogen and oxygen atoms in total. The third-order valence-electron chi connectivity index (χ3n) is 2.61. The molecule has 0 aliphatic carbocycles. The fourth-order valence-corrected chi connectivity index (χ4v) is 1.74. The normalized spacial score (nSPS) is 11.3. The molecule has 1 amide bonds. The average molecular weight is 264 g/mol. The van der Waals surface area contributed by atoms with Crippen LogP contribution in [0.15, 0.2) is 6.07 Å². The molecule has 0 spiro atoms. The summed E-state index contributed by atoms with van der Waals surface area (Å²) >= 11 is 0. The summed E-state index contributed by atoms with van der Waals surface area (Å²) in [6.07, 6.45) is 0. The van der Waals surface area contributed by atoms with Gasteiger partial charge in [-0.25, -0.2) is 9.97 Å². The maximum Gasteiger partial charge on any atom is 0.272 e. The zero-order chi connectivity index (χ0) is 14.6. The summed E-state index contributed by atoms with van der Waals surface area (Å²) < 4.78 is 0. The van der Waals surface area contributed by atoms with Crippen molar-refractivity contribution in [2.45, 2.75) is 47.1 Å². The van der Waals surface area contributed by atoms with Crippen molar-refractivity contribution in [1.82, 2.24) is 14.9 Å². The third kappa shape index (κ3) is 4.50. The van der Waals surface area contributed by atoms with Crippen LogP contribution in [0.3, 0.4) is 0 Å². The molecule has 19 heavy (non-hydrogen) atoms. The highest BCUT2D eigenvalue weighted by Crippen LogP contribution is 2.12. The molecule has 1 N–H and O–H groups in total. The van der Waals surface area contributed by atoms with Crippen LogP contribution < -0.4 is 5.32 Å². The van der Waals surface area contributed by atoms with Gasteiger partial charge in [-0.3, -0.25) is 4.79 Å². The quantitative estimate of drug-likeness (QED) is 0.907. The van der Waals surface area contributed by atoms with Crippen LogP contribution in [-0.2, 0) is 0 Å². The number of amides is 1. The number of carbonyl (C=O) groups excluding carboxylic acids is 1. The van der Waals surface area contributed by atoms with Gasteiger partial charge >= 0.3 is 0 Å². The average Bonchev–Trinajstić information content (AvgIpc) is 2.27.